The molecule has 0 saturated carbocycles. The monoisotopic (exact) mass is 339 g/mol. The highest BCUT2D eigenvalue weighted by Gasteiger charge is 2.16. The predicted molar refractivity (Wildman–Crippen MR) is 88.4 cm³/mol. The maximum Gasteiger partial charge on any atom is 0.237 e. The van der Waals surface area contributed by atoms with Gasteiger partial charge in [-0.05, 0) is 49.4 Å². The summed E-state index contributed by atoms with van der Waals surface area (Å²) in [6.45, 7) is 1.79. The molecule has 0 radical (unpaired) electrons. The Hall–Kier alpha value is -1.72. The predicted octanol–water partition coefficient (Wildman–Crippen LogP) is 4.61. The van der Waals surface area contributed by atoms with Crippen LogP contribution in [-0.2, 0) is 4.79 Å². The highest BCUT2D eigenvalue weighted by Crippen LogP contribution is 2.27. The summed E-state index contributed by atoms with van der Waals surface area (Å²) in [6, 6.07) is 11.3. The Kier molecular flexibility index (Phi) is 5.69. The SMILES string of the molecule is COc1ccc(SC(C)C(=O)Nc2ccc(F)cc2Cl)cc1. The Morgan fingerprint density at radius 3 is 2.55 bits per heavy atom. The van der Waals surface area contributed by atoms with E-state index in [1.165, 1.54) is 30.0 Å². The largest absolute Gasteiger partial charge is 0.497 e. The number of halogens is 2. The van der Waals surface area contributed by atoms with Crippen LogP contribution in [0.3, 0.4) is 0 Å². The van der Waals surface area contributed by atoms with Crippen molar-refractivity contribution in [2.24, 2.45) is 0 Å². The summed E-state index contributed by atoms with van der Waals surface area (Å²) in [7, 11) is 1.60. The van der Waals surface area contributed by atoms with Gasteiger partial charge in [0.2, 0.25) is 5.91 Å². The molecular weight excluding hydrogens is 325 g/mol. The number of amides is 1. The van der Waals surface area contributed by atoms with Crippen LogP contribution in [0.1, 0.15) is 6.92 Å². The normalized spacial score (nSPS) is 11.8. The molecule has 0 aliphatic carbocycles. The maximum absolute atomic E-state index is 13.0. The van der Waals surface area contributed by atoms with Crippen molar-refractivity contribution in [1.82, 2.24) is 0 Å². The highest BCUT2D eigenvalue weighted by molar-refractivity contribution is 8.00. The first-order valence-electron chi connectivity index (χ1n) is 6.56. The zero-order chi connectivity index (χ0) is 16.1. The van der Waals surface area contributed by atoms with Crippen molar-refractivity contribution >= 4 is 35.0 Å². The van der Waals surface area contributed by atoms with Crippen LogP contribution in [-0.4, -0.2) is 18.3 Å². The number of benzene rings is 2. The smallest absolute Gasteiger partial charge is 0.237 e. The average Bonchev–Trinajstić information content (AvgIpc) is 2.50. The minimum atomic E-state index is -0.441. The lowest BCUT2D eigenvalue weighted by Gasteiger charge is -2.13. The van der Waals surface area contributed by atoms with Crippen molar-refractivity contribution in [3.05, 3.63) is 53.3 Å². The first-order chi connectivity index (χ1) is 10.5. The van der Waals surface area contributed by atoms with Crippen LogP contribution in [0, 0.1) is 5.82 Å². The third-order valence-electron chi connectivity index (χ3n) is 2.93. The van der Waals surface area contributed by atoms with Crippen LogP contribution >= 0.6 is 23.4 Å². The van der Waals surface area contributed by atoms with Gasteiger partial charge in [-0.25, -0.2) is 4.39 Å². The molecule has 116 valence electrons. The van der Waals surface area contributed by atoms with Crippen LogP contribution < -0.4 is 10.1 Å². The van der Waals surface area contributed by atoms with E-state index in [1.807, 2.05) is 24.3 Å². The van der Waals surface area contributed by atoms with Gasteiger partial charge >= 0.3 is 0 Å². The fourth-order valence-corrected chi connectivity index (χ4v) is 2.82. The van der Waals surface area contributed by atoms with Gasteiger partial charge in [0.05, 0.1) is 23.1 Å². The molecule has 0 spiro atoms. The zero-order valence-corrected chi connectivity index (χ0v) is 13.7. The standard InChI is InChI=1S/C16H15ClFNO2S/c1-10(22-13-6-4-12(21-2)5-7-13)16(20)19-15-8-3-11(18)9-14(15)17/h3-10H,1-2H3,(H,19,20). The summed E-state index contributed by atoms with van der Waals surface area (Å²) in [5.74, 6) is 0.123. The number of ether oxygens (including phenoxy) is 1. The summed E-state index contributed by atoms with van der Waals surface area (Å²) >= 11 is 7.31. The summed E-state index contributed by atoms with van der Waals surface area (Å²) < 4.78 is 18.1. The Labute approximate surface area is 137 Å². The molecule has 0 aromatic heterocycles. The first kappa shape index (κ1) is 16.6. The second-order valence-electron chi connectivity index (χ2n) is 4.55. The van der Waals surface area contributed by atoms with Crippen molar-refractivity contribution < 1.29 is 13.9 Å². The van der Waals surface area contributed by atoms with Crippen molar-refractivity contribution in [2.75, 3.05) is 12.4 Å². The van der Waals surface area contributed by atoms with Gasteiger partial charge in [-0.1, -0.05) is 11.6 Å². The summed E-state index contributed by atoms with van der Waals surface area (Å²) in [4.78, 5) is 13.1. The highest BCUT2D eigenvalue weighted by atomic mass is 35.5. The molecule has 2 aromatic carbocycles. The van der Waals surface area contributed by atoms with Crippen LogP contribution in [0.15, 0.2) is 47.4 Å². The van der Waals surface area contributed by atoms with E-state index in [0.29, 0.717) is 5.69 Å². The molecule has 0 aliphatic heterocycles. The summed E-state index contributed by atoms with van der Waals surface area (Å²) in [5.41, 5.74) is 0.398. The lowest BCUT2D eigenvalue weighted by molar-refractivity contribution is -0.115. The van der Waals surface area contributed by atoms with E-state index >= 15 is 0 Å². The Balaban J connectivity index is 1.99. The number of rotatable bonds is 5. The van der Waals surface area contributed by atoms with Crippen molar-refractivity contribution in [3.63, 3.8) is 0 Å². The number of carbonyl (C=O) groups excluding carboxylic acids is 1. The molecule has 1 amide bonds. The fourth-order valence-electron chi connectivity index (χ4n) is 1.74. The minimum absolute atomic E-state index is 0.176. The molecule has 2 aromatic rings. The summed E-state index contributed by atoms with van der Waals surface area (Å²) in [5, 5.41) is 2.55. The van der Waals surface area contributed by atoms with Gasteiger partial charge in [0, 0.05) is 4.90 Å². The molecule has 0 fully saturated rings. The molecule has 0 saturated heterocycles. The fraction of sp³-hybridized carbons (Fsp3) is 0.188. The topological polar surface area (TPSA) is 38.3 Å². The second-order valence-corrected chi connectivity index (χ2v) is 6.37. The first-order valence-corrected chi connectivity index (χ1v) is 7.82. The molecule has 22 heavy (non-hydrogen) atoms. The van der Waals surface area contributed by atoms with E-state index < -0.39 is 5.82 Å². The molecule has 1 unspecified atom stereocenters. The van der Waals surface area contributed by atoms with Crippen LogP contribution in [0.5, 0.6) is 5.75 Å². The van der Waals surface area contributed by atoms with E-state index in [2.05, 4.69) is 5.32 Å². The van der Waals surface area contributed by atoms with Gasteiger partial charge in [-0.3, -0.25) is 4.79 Å². The quantitative estimate of drug-likeness (QED) is 0.808. The molecule has 1 atom stereocenters. The number of carbonyl (C=O) groups is 1. The van der Waals surface area contributed by atoms with Gasteiger partial charge in [-0.2, -0.15) is 0 Å². The van der Waals surface area contributed by atoms with E-state index in [-0.39, 0.29) is 16.2 Å². The maximum atomic E-state index is 13.0. The molecule has 0 heterocycles. The second kappa shape index (κ2) is 7.51. The minimum Gasteiger partial charge on any atom is -0.497 e. The molecule has 6 heteroatoms. The Bertz CT molecular complexity index is 664. The Morgan fingerprint density at radius 1 is 1.27 bits per heavy atom. The van der Waals surface area contributed by atoms with E-state index in [9.17, 15) is 9.18 Å². The average molecular weight is 340 g/mol. The third-order valence-corrected chi connectivity index (χ3v) is 4.36. The lowest BCUT2D eigenvalue weighted by Crippen LogP contribution is -2.22. The molecule has 0 bridgehead atoms. The molecule has 2 rings (SSSR count). The number of hydrogen-bond donors (Lipinski definition) is 1. The van der Waals surface area contributed by atoms with Gasteiger partial charge in [0.1, 0.15) is 11.6 Å². The summed E-state index contributed by atoms with van der Waals surface area (Å²) in [6.07, 6.45) is 0. The number of nitrogens with one attached hydrogen (secondary N) is 1. The molecular formula is C16H15ClFNO2S. The van der Waals surface area contributed by atoms with Gasteiger partial charge in [0.15, 0.2) is 0 Å². The zero-order valence-electron chi connectivity index (χ0n) is 12.1. The van der Waals surface area contributed by atoms with Crippen LogP contribution in [0.25, 0.3) is 0 Å². The van der Waals surface area contributed by atoms with Gasteiger partial charge in [-0.15, -0.1) is 11.8 Å². The van der Waals surface area contributed by atoms with E-state index in [1.54, 1.807) is 14.0 Å². The third kappa shape index (κ3) is 4.39. The van der Waals surface area contributed by atoms with E-state index in [4.69, 9.17) is 16.3 Å². The molecule has 3 nitrogen and oxygen atoms in total. The van der Waals surface area contributed by atoms with E-state index in [0.717, 1.165) is 10.6 Å². The van der Waals surface area contributed by atoms with Crippen molar-refractivity contribution in [1.29, 1.82) is 0 Å². The number of methoxy groups -OCH3 is 1. The number of hydrogen-bond acceptors (Lipinski definition) is 3. The van der Waals surface area contributed by atoms with Crippen molar-refractivity contribution in [3.8, 4) is 5.75 Å². The molecule has 1 N–H and O–H groups in total. The van der Waals surface area contributed by atoms with Crippen LogP contribution in [0.2, 0.25) is 5.02 Å². The number of thioether (sulfide) groups is 1. The van der Waals surface area contributed by atoms with Gasteiger partial charge in [0.25, 0.3) is 0 Å². The van der Waals surface area contributed by atoms with Crippen molar-refractivity contribution in [2.45, 2.75) is 17.1 Å². The number of anilines is 1. The lowest BCUT2D eigenvalue weighted by atomic mass is 10.3. The molecule has 0 aliphatic rings. The van der Waals surface area contributed by atoms with Crippen LogP contribution in [0.4, 0.5) is 10.1 Å². The van der Waals surface area contributed by atoms with Gasteiger partial charge < -0.3 is 10.1 Å². The Morgan fingerprint density at radius 2 is 1.95 bits per heavy atom.